The molecule has 0 aliphatic rings. The molecule has 0 spiro atoms. The maximum absolute atomic E-state index is 5.86. The molecule has 0 amide bonds. The van der Waals surface area contributed by atoms with Crippen molar-refractivity contribution in [2.45, 2.75) is 6.92 Å². The molecule has 6 heteroatoms. The Labute approximate surface area is 78.1 Å². The number of halogens is 2. The van der Waals surface area contributed by atoms with Crippen LogP contribution in [0, 0.1) is 6.92 Å². The zero-order chi connectivity index (χ0) is 8.72. The SMILES string of the molecule is Cc1nc2ncnn2c(Cl)c1Cl. The van der Waals surface area contributed by atoms with Gasteiger partial charge in [0.2, 0.25) is 0 Å². The van der Waals surface area contributed by atoms with Gasteiger partial charge in [-0.25, -0.2) is 4.98 Å². The average Bonchev–Trinajstić information content (AvgIpc) is 2.48. The van der Waals surface area contributed by atoms with Gasteiger partial charge in [0.25, 0.3) is 5.78 Å². The lowest BCUT2D eigenvalue weighted by molar-refractivity contribution is 0.930. The van der Waals surface area contributed by atoms with Crippen LogP contribution in [0.3, 0.4) is 0 Å². The molecular formula is C6H4Cl2N4. The third-order valence-electron chi connectivity index (χ3n) is 1.48. The summed E-state index contributed by atoms with van der Waals surface area (Å²) in [6.45, 7) is 1.77. The summed E-state index contributed by atoms with van der Waals surface area (Å²) in [5.74, 6) is 0.460. The summed E-state index contributed by atoms with van der Waals surface area (Å²) in [5.41, 5.74) is 0.655. The van der Waals surface area contributed by atoms with Gasteiger partial charge in [0.05, 0.1) is 10.7 Å². The molecule has 0 aliphatic carbocycles. The normalized spacial score (nSPS) is 10.9. The molecule has 0 N–H and O–H groups in total. The molecule has 2 aromatic heterocycles. The van der Waals surface area contributed by atoms with Gasteiger partial charge in [0.15, 0.2) is 5.15 Å². The van der Waals surface area contributed by atoms with Gasteiger partial charge in [-0.1, -0.05) is 23.2 Å². The minimum Gasteiger partial charge on any atom is -0.215 e. The van der Waals surface area contributed by atoms with Crippen molar-refractivity contribution >= 4 is 29.0 Å². The van der Waals surface area contributed by atoms with Crippen LogP contribution in [0.15, 0.2) is 6.33 Å². The van der Waals surface area contributed by atoms with Crippen molar-refractivity contribution in [3.63, 3.8) is 0 Å². The predicted octanol–water partition coefficient (Wildman–Crippen LogP) is 1.74. The number of aromatic nitrogens is 4. The Hall–Kier alpha value is -0.870. The van der Waals surface area contributed by atoms with Gasteiger partial charge in [-0.2, -0.15) is 14.6 Å². The quantitative estimate of drug-likeness (QED) is 0.612. The smallest absolute Gasteiger partial charge is 0.215 e. The molecule has 0 aromatic carbocycles. The predicted molar refractivity (Wildman–Crippen MR) is 45.5 cm³/mol. The maximum Gasteiger partial charge on any atom is 0.253 e. The van der Waals surface area contributed by atoms with E-state index in [0.717, 1.165) is 0 Å². The molecule has 0 atom stereocenters. The number of nitrogens with zero attached hydrogens (tertiary/aromatic N) is 4. The first-order valence-electron chi connectivity index (χ1n) is 3.21. The van der Waals surface area contributed by atoms with Crippen molar-refractivity contribution in [3.05, 3.63) is 22.2 Å². The topological polar surface area (TPSA) is 43.1 Å². The Kier molecular flexibility index (Phi) is 1.66. The molecule has 0 fully saturated rings. The van der Waals surface area contributed by atoms with E-state index < -0.39 is 0 Å². The highest BCUT2D eigenvalue weighted by molar-refractivity contribution is 6.41. The van der Waals surface area contributed by atoms with Crippen LogP contribution >= 0.6 is 23.2 Å². The molecule has 0 aliphatic heterocycles. The van der Waals surface area contributed by atoms with E-state index in [1.807, 2.05) is 0 Å². The van der Waals surface area contributed by atoms with Crippen LogP contribution in [0.2, 0.25) is 10.2 Å². The van der Waals surface area contributed by atoms with Crippen molar-refractivity contribution < 1.29 is 0 Å². The maximum atomic E-state index is 5.86. The van der Waals surface area contributed by atoms with E-state index in [2.05, 4.69) is 15.1 Å². The van der Waals surface area contributed by atoms with Crippen molar-refractivity contribution in [2.24, 2.45) is 0 Å². The minimum absolute atomic E-state index is 0.344. The highest BCUT2D eigenvalue weighted by atomic mass is 35.5. The minimum atomic E-state index is 0.344. The first-order chi connectivity index (χ1) is 5.70. The Morgan fingerprint density at radius 1 is 1.42 bits per heavy atom. The largest absolute Gasteiger partial charge is 0.253 e. The van der Waals surface area contributed by atoms with Crippen molar-refractivity contribution in [2.75, 3.05) is 0 Å². The molecule has 0 saturated carbocycles. The molecular weight excluding hydrogens is 199 g/mol. The molecule has 0 radical (unpaired) electrons. The lowest BCUT2D eigenvalue weighted by Crippen LogP contribution is -1.96. The van der Waals surface area contributed by atoms with E-state index in [-0.39, 0.29) is 0 Å². The summed E-state index contributed by atoms with van der Waals surface area (Å²) in [6.07, 6.45) is 1.38. The molecule has 62 valence electrons. The lowest BCUT2D eigenvalue weighted by atomic mass is 10.4. The second kappa shape index (κ2) is 2.57. The van der Waals surface area contributed by atoms with Crippen LogP contribution in [0.25, 0.3) is 5.78 Å². The molecule has 0 saturated heterocycles. The molecule has 2 heterocycles. The van der Waals surface area contributed by atoms with Gasteiger partial charge in [-0.05, 0) is 6.92 Å². The highest BCUT2D eigenvalue weighted by Gasteiger charge is 2.09. The molecule has 0 unspecified atom stereocenters. The standard InChI is InChI=1S/C6H4Cl2N4/c1-3-4(7)5(8)12-6(11-3)9-2-10-12/h2H,1H3. The van der Waals surface area contributed by atoms with Gasteiger partial charge in [-0.15, -0.1) is 0 Å². The molecule has 2 rings (SSSR count). The summed E-state index contributed by atoms with van der Waals surface area (Å²) in [4.78, 5) is 7.95. The van der Waals surface area contributed by atoms with Crippen LogP contribution in [0.1, 0.15) is 5.69 Å². The van der Waals surface area contributed by atoms with Crippen LogP contribution in [-0.2, 0) is 0 Å². The van der Waals surface area contributed by atoms with Gasteiger partial charge in [0, 0.05) is 0 Å². The van der Waals surface area contributed by atoms with E-state index in [1.165, 1.54) is 10.8 Å². The van der Waals surface area contributed by atoms with E-state index >= 15 is 0 Å². The van der Waals surface area contributed by atoms with E-state index in [4.69, 9.17) is 23.2 Å². The summed E-state index contributed by atoms with van der Waals surface area (Å²) >= 11 is 11.7. The van der Waals surface area contributed by atoms with Crippen LogP contribution in [-0.4, -0.2) is 19.6 Å². The first-order valence-corrected chi connectivity index (χ1v) is 3.97. The number of hydrogen-bond acceptors (Lipinski definition) is 3. The Morgan fingerprint density at radius 3 is 2.92 bits per heavy atom. The van der Waals surface area contributed by atoms with Gasteiger partial charge in [-0.3, -0.25) is 0 Å². The lowest BCUT2D eigenvalue weighted by Gasteiger charge is -2.00. The average molecular weight is 203 g/mol. The van der Waals surface area contributed by atoms with Gasteiger partial charge >= 0.3 is 0 Å². The van der Waals surface area contributed by atoms with E-state index in [9.17, 15) is 0 Å². The zero-order valence-corrected chi connectivity index (χ0v) is 7.63. The van der Waals surface area contributed by atoms with Gasteiger partial charge in [0.1, 0.15) is 6.33 Å². The monoisotopic (exact) mass is 202 g/mol. The fourth-order valence-corrected chi connectivity index (χ4v) is 1.27. The fourth-order valence-electron chi connectivity index (χ4n) is 0.891. The molecule has 2 aromatic rings. The second-order valence-corrected chi connectivity index (χ2v) is 3.01. The van der Waals surface area contributed by atoms with E-state index in [1.54, 1.807) is 6.92 Å². The third kappa shape index (κ3) is 0.956. The van der Waals surface area contributed by atoms with Crippen molar-refractivity contribution in [1.29, 1.82) is 0 Å². The van der Waals surface area contributed by atoms with Crippen LogP contribution < -0.4 is 0 Å². The number of rotatable bonds is 0. The van der Waals surface area contributed by atoms with Crippen LogP contribution in [0.5, 0.6) is 0 Å². The molecule has 12 heavy (non-hydrogen) atoms. The molecule has 4 nitrogen and oxygen atoms in total. The molecule has 0 bridgehead atoms. The summed E-state index contributed by atoms with van der Waals surface area (Å²) in [7, 11) is 0. The highest BCUT2D eigenvalue weighted by Crippen LogP contribution is 2.23. The van der Waals surface area contributed by atoms with E-state index in [0.29, 0.717) is 21.6 Å². The zero-order valence-electron chi connectivity index (χ0n) is 6.12. The second-order valence-electron chi connectivity index (χ2n) is 2.27. The fraction of sp³-hybridized carbons (Fsp3) is 0.167. The third-order valence-corrected chi connectivity index (χ3v) is 2.38. The summed E-state index contributed by atoms with van der Waals surface area (Å²) in [6, 6.07) is 0. The number of hydrogen-bond donors (Lipinski definition) is 0. The first kappa shape index (κ1) is 7.76. The number of fused-ring (bicyclic) bond motifs is 1. The van der Waals surface area contributed by atoms with Crippen molar-refractivity contribution in [1.82, 2.24) is 19.6 Å². The summed E-state index contributed by atoms with van der Waals surface area (Å²) < 4.78 is 1.39. The Bertz CT molecular complexity index is 436. The Balaban J connectivity index is 2.94. The summed E-state index contributed by atoms with van der Waals surface area (Å²) in [5, 5.41) is 4.60. The van der Waals surface area contributed by atoms with Crippen LogP contribution in [0.4, 0.5) is 0 Å². The number of aryl methyl sites for hydroxylation is 1. The Morgan fingerprint density at radius 2 is 2.17 bits per heavy atom. The van der Waals surface area contributed by atoms with Gasteiger partial charge < -0.3 is 0 Å². The van der Waals surface area contributed by atoms with Crippen molar-refractivity contribution in [3.8, 4) is 0 Å².